The molecule has 0 unspecified atom stereocenters. The lowest BCUT2D eigenvalue weighted by Gasteiger charge is -2.09. The molecule has 0 aliphatic rings. The highest BCUT2D eigenvalue weighted by Crippen LogP contribution is 2.26. The van der Waals surface area contributed by atoms with E-state index in [0.29, 0.717) is 0 Å². The molecule has 0 spiro atoms. The molecule has 0 bridgehead atoms. The van der Waals surface area contributed by atoms with Crippen molar-refractivity contribution in [2.24, 2.45) is 0 Å². The molecule has 0 saturated heterocycles. The number of fused-ring (bicyclic) bond motifs is 1. The van der Waals surface area contributed by atoms with E-state index in [2.05, 4.69) is 4.74 Å². The van der Waals surface area contributed by atoms with E-state index in [9.17, 15) is 9.59 Å². The number of hydrogen-bond acceptors (Lipinski definition) is 4. The zero-order valence-electron chi connectivity index (χ0n) is 10.1. The Balaban J connectivity index is 2.63. The van der Waals surface area contributed by atoms with Crippen molar-refractivity contribution < 1.29 is 19.1 Å². The lowest BCUT2D eigenvalue weighted by atomic mass is 10.1. The van der Waals surface area contributed by atoms with Gasteiger partial charge in [0.1, 0.15) is 11.3 Å². The average molecular weight is 244 g/mol. The molecule has 0 aliphatic carbocycles. The summed E-state index contributed by atoms with van der Waals surface area (Å²) in [5.74, 6) is -0.791. The second-order valence-corrected chi connectivity index (χ2v) is 3.78. The summed E-state index contributed by atoms with van der Waals surface area (Å²) in [7, 11) is 1.29. The van der Waals surface area contributed by atoms with E-state index >= 15 is 0 Å². The van der Waals surface area contributed by atoms with Crippen LogP contribution in [0.5, 0.6) is 5.75 Å². The summed E-state index contributed by atoms with van der Waals surface area (Å²) in [4.78, 5) is 22.7. The third kappa shape index (κ3) is 2.32. The minimum Gasteiger partial charge on any atom is -0.465 e. The number of ether oxygens (including phenoxy) is 2. The molecule has 0 saturated carbocycles. The second-order valence-electron chi connectivity index (χ2n) is 3.78. The summed E-state index contributed by atoms with van der Waals surface area (Å²) in [5, 5.41) is 1.77. The molecular formula is C14H12O4. The summed E-state index contributed by atoms with van der Waals surface area (Å²) >= 11 is 0. The number of carbonyl (C=O) groups is 2. The Morgan fingerprint density at radius 2 is 1.67 bits per heavy atom. The first-order valence-electron chi connectivity index (χ1n) is 5.41. The van der Waals surface area contributed by atoms with Gasteiger partial charge in [0.15, 0.2) is 0 Å². The fourth-order valence-corrected chi connectivity index (χ4v) is 1.73. The number of esters is 2. The highest BCUT2D eigenvalue weighted by atomic mass is 16.5. The Kier molecular flexibility index (Phi) is 3.28. The summed E-state index contributed by atoms with van der Waals surface area (Å²) < 4.78 is 9.71. The van der Waals surface area contributed by atoms with E-state index < -0.39 is 11.9 Å². The smallest absolute Gasteiger partial charge is 0.341 e. The van der Waals surface area contributed by atoms with Crippen molar-refractivity contribution >= 4 is 22.7 Å². The molecular weight excluding hydrogens is 232 g/mol. The van der Waals surface area contributed by atoms with Crippen LogP contribution in [0.4, 0.5) is 0 Å². The van der Waals surface area contributed by atoms with E-state index in [-0.39, 0.29) is 11.3 Å². The van der Waals surface area contributed by atoms with Crippen molar-refractivity contribution in [1.29, 1.82) is 0 Å². The number of benzene rings is 2. The van der Waals surface area contributed by atoms with Crippen molar-refractivity contribution in [3.05, 3.63) is 42.0 Å². The Bertz CT molecular complexity index is 616. The molecule has 0 heterocycles. The Morgan fingerprint density at radius 1 is 1.06 bits per heavy atom. The lowest BCUT2D eigenvalue weighted by Crippen LogP contribution is -2.09. The van der Waals surface area contributed by atoms with Crippen LogP contribution in [-0.2, 0) is 9.53 Å². The van der Waals surface area contributed by atoms with Gasteiger partial charge < -0.3 is 9.47 Å². The van der Waals surface area contributed by atoms with Crippen LogP contribution in [0, 0.1) is 0 Å². The summed E-state index contributed by atoms with van der Waals surface area (Å²) in [5.41, 5.74) is 0.242. The molecule has 0 aliphatic heterocycles. The molecule has 18 heavy (non-hydrogen) atoms. The Labute approximate surface area is 104 Å². The highest BCUT2D eigenvalue weighted by Gasteiger charge is 2.15. The summed E-state index contributed by atoms with van der Waals surface area (Å²) in [6.07, 6.45) is 0. The number of rotatable bonds is 2. The van der Waals surface area contributed by atoms with Crippen molar-refractivity contribution in [3.8, 4) is 5.75 Å². The monoisotopic (exact) mass is 244 g/mol. The molecule has 0 aromatic heterocycles. The van der Waals surface area contributed by atoms with E-state index in [4.69, 9.17) is 4.74 Å². The molecule has 0 fully saturated rings. The maximum atomic E-state index is 11.6. The lowest BCUT2D eigenvalue weighted by molar-refractivity contribution is -0.131. The van der Waals surface area contributed by atoms with Crippen LogP contribution < -0.4 is 4.74 Å². The molecule has 0 N–H and O–H groups in total. The zero-order chi connectivity index (χ0) is 13.1. The van der Waals surface area contributed by atoms with Gasteiger partial charge in [0.05, 0.1) is 7.11 Å². The van der Waals surface area contributed by atoms with Crippen LogP contribution in [0.3, 0.4) is 0 Å². The zero-order valence-corrected chi connectivity index (χ0v) is 10.1. The van der Waals surface area contributed by atoms with Gasteiger partial charge >= 0.3 is 11.9 Å². The van der Waals surface area contributed by atoms with Crippen molar-refractivity contribution in [2.45, 2.75) is 6.92 Å². The van der Waals surface area contributed by atoms with Gasteiger partial charge in [-0.3, -0.25) is 4.79 Å². The average Bonchev–Trinajstić information content (AvgIpc) is 2.36. The maximum Gasteiger partial charge on any atom is 0.341 e. The van der Waals surface area contributed by atoms with Gasteiger partial charge in [-0.05, 0) is 22.9 Å². The van der Waals surface area contributed by atoms with Crippen molar-refractivity contribution in [3.63, 3.8) is 0 Å². The van der Waals surface area contributed by atoms with Crippen LogP contribution in [0.15, 0.2) is 36.4 Å². The Hall–Kier alpha value is -2.36. The molecule has 0 radical (unpaired) electrons. The molecule has 0 atom stereocenters. The van der Waals surface area contributed by atoms with Gasteiger partial charge in [0.25, 0.3) is 0 Å². The summed E-state index contributed by atoms with van der Waals surface area (Å²) in [6.45, 7) is 1.29. The fourth-order valence-electron chi connectivity index (χ4n) is 1.73. The quantitative estimate of drug-likeness (QED) is 0.601. The van der Waals surface area contributed by atoms with Gasteiger partial charge in [0, 0.05) is 6.92 Å². The second kappa shape index (κ2) is 4.87. The molecule has 2 aromatic carbocycles. The molecule has 4 heteroatoms. The van der Waals surface area contributed by atoms with Crippen LogP contribution in [0.25, 0.3) is 10.8 Å². The van der Waals surface area contributed by atoms with E-state index in [1.807, 2.05) is 24.3 Å². The highest BCUT2D eigenvalue weighted by molar-refractivity contribution is 5.99. The van der Waals surface area contributed by atoms with E-state index in [1.54, 1.807) is 12.1 Å². The largest absolute Gasteiger partial charge is 0.465 e. The summed E-state index contributed by atoms with van der Waals surface area (Å²) in [6, 6.07) is 10.8. The third-order valence-electron chi connectivity index (χ3n) is 2.51. The van der Waals surface area contributed by atoms with Gasteiger partial charge in [-0.15, -0.1) is 0 Å². The first-order valence-corrected chi connectivity index (χ1v) is 5.41. The predicted octanol–water partition coefficient (Wildman–Crippen LogP) is 2.55. The first kappa shape index (κ1) is 12.1. The predicted molar refractivity (Wildman–Crippen MR) is 66.6 cm³/mol. The maximum absolute atomic E-state index is 11.6. The SMILES string of the molecule is COC(=O)c1cc2ccccc2cc1OC(C)=O. The van der Waals surface area contributed by atoms with Gasteiger partial charge in [-0.2, -0.15) is 0 Å². The molecule has 2 aromatic rings. The fraction of sp³-hybridized carbons (Fsp3) is 0.143. The molecule has 4 nitrogen and oxygen atoms in total. The number of methoxy groups -OCH3 is 1. The van der Waals surface area contributed by atoms with Crippen LogP contribution in [-0.4, -0.2) is 19.0 Å². The first-order chi connectivity index (χ1) is 8.61. The van der Waals surface area contributed by atoms with E-state index in [0.717, 1.165) is 10.8 Å². The third-order valence-corrected chi connectivity index (χ3v) is 2.51. The van der Waals surface area contributed by atoms with E-state index in [1.165, 1.54) is 14.0 Å². The van der Waals surface area contributed by atoms with Crippen LogP contribution in [0.2, 0.25) is 0 Å². The number of hydrogen-bond donors (Lipinski definition) is 0. The minimum atomic E-state index is -0.531. The molecule has 0 amide bonds. The van der Waals surface area contributed by atoms with Crippen LogP contribution in [0.1, 0.15) is 17.3 Å². The minimum absolute atomic E-state index is 0.216. The van der Waals surface area contributed by atoms with Gasteiger partial charge in [0.2, 0.25) is 0 Å². The molecule has 92 valence electrons. The van der Waals surface area contributed by atoms with Crippen LogP contribution >= 0.6 is 0 Å². The Morgan fingerprint density at radius 3 is 2.22 bits per heavy atom. The standard InChI is InChI=1S/C14H12O4/c1-9(15)18-13-8-11-6-4-3-5-10(11)7-12(13)14(16)17-2/h3-8H,1-2H3. The van der Waals surface area contributed by atoms with Crippen molar-refractivity contribution in [1.82, 2.24) is 0 Å². The molecule has 2 rings (SSSR count). The van der Waals surface area contributed by atoms with Crippen molar-refractivity contribution in [2.75, 3.05) is 7.11 Å². The van der Waals surface area contributed by atoms with Gasteiger partial charge in [-0.25, -0.2) is 4.79 Å². The van der Waals surface area contributed by atoms with Gasteiger partial charge in [-0.1, -0.05) is 24.3 Å². The normalized spacial score (nSPS) is 10.1. The number of carbonyl (C=O) groups excluding carboxylic acids is 2. The topological polar surface area (TPSA) is 52.6 Å².